The molecule has 3 nitrogen and oxygen atoms in total. The molecular weight excluding hydrogens is 312 g/mol. The van der Waals surface area contributed by atoms with Crippen LogP contribution in [0.1, 0.15) is 32.1 Å². The average molecular weight is 332 g/mol. The molecule has 3 rings (SSSR count). The SMILES string of the molecule is CSc1nc(-c2ccccc2)c(NC(=O)C2CCCCC2)s1. The summed E-state index contributed by atoms with van der Waals surface area (Å²) in [7, 11) is 0. The van der Waals surface area contributed by atoms with Crippen molar-refractivity contribution < 1.29 is 4.79 Å². The van der Waals surface area contributed by atoms with Gasteiger partial charge in [0, 0.05) is 11.5 Å². The second-order valence-electron chi connectivity index (χ2n) is 5.55. The zero-order chi connectivity index (χ0) is 15.4. The molecule has 1 heterocycles. The summed E-state index contributed by atoms with van der Waals surface area (Å²) in [5.41, 5.74) is 1.94. The molecule has 0 atom stereocenters. The summed E-state index contributed by atoms with van der Waals surface area (Å²) in [6, 6.07) is 10.1. The minimum absolute atomic E-state index is 0.160. The Morgan fingerprint density at radius 2 is 1.95 bits per heavy atom. The number of rotatable bonds is 4. The Morgan fingerprint density at radius 1 is 1.23 bits per heavy atom. The van der Waals surface area contributed by atoms with E-state index in [-0.39, 0.29) is 11.8 Å². The van der Waals surface area contributed by atoms with Crippen LogP contribution in [0.5, 0.6) is 0 Å². The summed E-state index contributed by atoms with van der Waals surface area (Å²) >= 11 is 3.18. The second-order valence-corrected chi connectivity index (χ2v) is 7.60. The quantitative estimate of drug-likeness (QED) is 0.797. The van der Waals surface area contributed by atoms with E-state index < -0.39 is 0 Å². The first-order chi connectivity index (χ1) is 10.8. The first-order valence-corrected chi connectivity index (χ1v) is 9.73. The number of hydrogen-bond acceptors (Lipinski definition) is 4. The Kier molecular flexibility index (Phi) is 5.16. The van der Waals surface area contributed by atoms with E-state index in [2.05, 4.69) is 10.3 Å². The number of nitrogens with one attached hydrogen (secondary N) is 1. The van der Waals surface area contributed by atoms with E-state index in [1.807, 2.05) is 36.6 Å². The highest BCUT2D eigenvalue weighted by atomic mass is 32.2. The lowest BCUT2D eigenvalue weighted by molar-refractivity contribution is -0.120. The summed E-state index contributed by atoms with van der Waals surface area (Å²) in [6.45, 7) is 0. The summed E-state index contributed by atoms with van der Waals surface area (Å²) in [5.74, 6) is 0.324. The largest absolute Gasteiger partial charge is 0.316 e. The van der Waals surface area contributed by atoms with E-state index in [9.17, 15) is 4.79 Å². The van der Waals surface area contributed by atoms with E-state index in [0.29, 0.717) is 0 Å². The maximum absolute atomic E-state index is 12.5. The third-order valence-electron chi connectivity index (χ3n) is 4.04. The van der Waals surface area contributed by atoms with Crippen LogP contribution >= 0.6 is 23.1 Å². The topological polar surface area (TPSA) is 42.0 Å². The molecule has 1 aliphatic rings. The Balaban J connectivity index is 1.83. The molecule has 0 unspecified atom stereocenters. The number of hydrogen-bond donors (Lipinski definition) is 1. The smallest absolute Gasteiger partial charge is 0.228 e. The molecule has 0 saturated heterocycles. The molecule has 0 radical (unpaired) electrons. The monoisotopic (exact) mass is 332 g/mol. The van der Waals surface area contributed by atoms with Crippen molar-refractivity contribution in [1.82, 2.24) is 4.98 Å². The fraction of sp³-hybridized carbons (Fsp3) is 0.412. The Morgan fingerprint density at radius 3 is 2.64 bits per heavy atom. The predicted octanol–water partition coefficient (Wildman–Crippen LogP) is 5.05. The van der Waals surface area contributed by atoms with Gasteiger partial charge in [-0.15, -0.1) is 0 Å². The van der Waals surface area contributed by atoms with E-state index >= 15 is 0 Å². The molecule has 116 valence electrons. The number of carbonyl (C=O) groups excluding carboxylic acids is 1. The van der Waals surface area contributed by atoms with Crippen LogP contribution in [0.4, 0.5) is 5.00 Å². The van der Waals surface area contributed by atoms with E-state index in [1.54, 1.807) is 23.1 Å². The number of amides is 1. The highest BCUT2D eigenvalue weighted by Gasteiger charge is 2.23. The van der Waals surface area contributed by atoms with Crippen LogP contribution in [0.3, 0.4) is 0 Å². The molecule has 1 N–H and O–H groups in total. The van der Waals surface area contributed by atoms with Gasteiger partial charge in [-0.2, -0.15) is 0 Å². The van der Waals surface area contributed by atoms with Crippen molar-refractivity contribution >= 4 is 34.0 Å². The van der Waals surface area contributed by atoms with E-state index in [0.717, 1.165) is 33.4 Å². The molecule has 1 aliphatic carbocycles. The van der Waals surface area contributed by atoms with Crippen molar-refractivity contribution in [3.8, 4) is 11.3 Å². The molecule has 1 aromatic heterocycles. The van der Waals surface area contributed by atoms with Crippen molar-refractivity contribution in [2.24, 2.45) is 5.92 Å². The third kappa shape index (κ3) is 3.52. The average Bonchev–Trinajstić information content (AvgIpc) is 2.99. The lowest BCUT2D eigenvalue weighted by atomic mass is 9.89. The van der Waals surface area contributed by atoms with Gasteiger partial charge in [0.1, 0.15) is 10.7 Å². The zero-order valence-electron chi connectivity index (χ0n) is 12.7. The van der Waals surface area contributed by atoms with E-state index in [4.69, 9.17) is 0 Å². The maximum atomic E-state index is 12.5. The lowest BCUT2D eigenvalue weighted by Gasteiger charge is -2.20. The van der Waals surface area contributed by atoms with Gasteiger partial charge < -0.3 is 5.32 Å². The summed E-state index contributed by atoms with van der Waals surface area (Å²) < 4.78 is 0.984. The maximum Gasteiger partial charge on any atom is 0.228 e. The summed E-state index contributed by atoms with van der Waals surface area (Å²) in [6.07, 6.45) is 7.64. The van der Waals surface area contributed by atoms with Crippen molar-refractivity contribution in [2.75, 3.05) is 11.6 Å². The summed E-state index contributed by atoms with van der Waals surface area (Å²) in [4.78, 5) is 17.2. The van der Waals surface area contributed by atoms with Gasteiger partial charge in [0.15, 0.2) is 4.34 Å². The molecule has 1 amide bonds. The highest BCUT2D eigenvalue weighted by Crippen LogP contribution is 2.37. The van der Waals surface area contributed by atoms with Gasteiger partial charge in [-0.25, -0.2) is 4.98 Å². The third-order valence-corrected chi connectivity index (χ3v) is 6.00. The number of aromatic nitrogens is 1. The number of thioether (sulfide) groups is 1. The van der Waals surface area contributed by atoms with Crippen LogP contribution in [0.15, 0.2) is 34.7 Å². The van der Waals surface area contributed by atoms with Crippen LogP contribution in [-0.4, -0.2) is 17.1 Å². The molecule has 22 heavy (non-hydrogen) atoms. The van der Waals surface area contributed by atoms with Gasteiger partial charge >= 0.3 is 0 Å². The van der Waals surface area contributed by atoms with Gasteiger partial charge in [-0.3, -0.25) is 4.79 Å². The van der Waals surface area contributed by atoms with Crippen molar-refractivity contribution in [3.63, 3.8) is 0 Å². The number of anilines is 1. The van der Waals surface area contributed by atoms with Gasteiger partial charge in [0.25, 0.3) is 0 Å². The fourth-order valence-corrected chi connectivity index (χ4v) is 4.33. The lowest BCUT2D eigenvalue weighted by Crippen LogP contribution is -2.24. The van der Waals surface area contributed by atoms with Crippen LogP contribution in [0, 0.1) is 5.92 Å². The number of thiazole rings is 1. The van der Waals surface area contributed by atoms with Crippen molar-refractivity contribution in [3.05, 3.63) is 30.3 Å². The van der Waals surface area contributed by atoms with Crippen molar-refractivity contribution in [2.45, 2.75) is 36.4 Å². The normalized spacial score (nSPS) is 15.7. The fourth-order valence-electron chi connectivity index (χ4n) is 2.84. The van der Waals surface area contributed by atoms with Gasteiger partial charge in [0.05, 0.1) is 0 Å². The first-order valence-electron chi connectivity index (χ1n) is 7.69. The Bertz CT molecular complexity index is 633. The Labute approximate surface area is 139 Å². The van der Waals surface area contributed by atoms with Crippen LogP contribution in [-0.2, 0) is 4.79 Å². The molecule has 1 aromatic carbocycles. The second kappa shape index (κ2) is 7.29. The van der Waals surface area contributed by atoms with Gasteiger partial charge in [0.2, 0.25) is 5.91 Å². The highest BCUT2D eigenvalue weighted by molar-refractivity contribution is 8.00. The van der Waals surface area contributed by atoms with Crippen LogP contribution < -0.4 is 5.32 Å². The summed E-state index contributed by atoms with van der Waals surface area (Å²) in [5, 5.41) is 4.02. The minimum Gasteiger partial charge on any atom is -0.316 e. The van der Waals surface area contributed by atoms with Crippen molar-refractivity contribution in [1.29, 1.82) is 0 Å². The molecule has 0 aliphatic heterocycles. The van der Waals surface area contributed by atoms with Crippen LogP contribution in [0.2, 0.25) is 0 Å². The Hall–Kier alpha value is -1.33. The first kappa shape index (κ1) is 15.6. The molecule has 1 fully saturated rings. The molecule has 0 bridgehead atoms. The van der Waals surface area contributed by atoms with Crippen LogP contribution in [0.25, 0.3) is 11.3 Å². The molecule has 0 spiro atoms. The molecule has 2 aromatic rings. The minimum atomic E-state index is 0.160. The molecular formula is C17H20N2OS2. The number of carbonyl (C=O) groups is 1. The number of benzene rings is 1. The van der Waals surface area contributed by atoms with Gasteiger partial charge in [-0.1, -0.05) is 72.7 Å². The standard InChI is InChI=1S/C17H20N2OS2/c1-21-17-18-14(12-8-4-2-5-9-12)16(22-17)19-15(20)13-10-6-3-7-11-13/h2,4-5,8-9,13H,3,6-7,10-11H2,1H3,(H,19,20). The molecule has 1 saturated carbocycles. The predicted molar refractivity (Wildman–Crippen MR) is 94.5 cm³/mol. The molecule has 5 heteroatoms. The van der Waals surface area contributed by atoms with Gasteiger partial charge in [-0.05, 0) is 19.1 Å². The number of nitrogens with zero attached hydrogens (tertiary/aromatic N) is 1. The zero-order valence-corrected chi connectivity index (χ0v) is 14.3. The van der Waals surface area contributed by atoms with E-state index in [1.165, 1.54) is 19.3 Å².